The number of carbonyl (C=O) groups is 1. The minimum Gasteiger partial charge on any atom is -0.464 e. The van der Waals surface area contributed by atoms with E-state index in [1.807, 2.05) is 49.2 Å². The quantitative estimate of drug-likeness (QED) is 0.848. The predicted octanol–water partition coefficient (Wildman–Crippen LogP) is 2.86. The third-order valence-corrected chi connectivity index (χ3v) is 3.68. The normalized spacial score (nSPS) is 12.4. The van der Waals surface area contributed by atoms with E-state index in [2.05, 4.69) is 6.07 Å². The van der Waals surface area contributed by atoms with E-state index in [9.17, 15) is 4.79 Å². The molecule has 0 aliphatic carbocycles. The Morgan fingerprint density at radius 3 is 2.48 bits per heavy atom. The number of amides is 1. The first-order chi connectivity index (χ1) is 10.0. The molecule has 0 saturated carbocycles. The summed E-state index contributed by atoms with van der Waals surface area (Å²) in [7, 11) is 5.53. The van der Waals surface area contributed by atoms with Crippen molar-refractivity contribution in [1.82, 2.24) is 9.80 Å². The summed E-state index contributed by atoms with van der Waals surface area (Å²) < 4.78 is 5.49. The first-order valence-electron chi connectivity index (χ1n) is 7.04. The van der Waals surface area contributed by atoms with Gasteiger partial charge in [-0.05, 0) is 31.7 Å². The molecule has 0 aliphatic heterocycles. The molecule has 0 N–H and O–H groups in total. The van der Waals surface area contributed by atoms with Gasteiger partial charge in [-0.3, -0.25) is 9.69 Å². The molecule has 2 rings (SSSR count). The summed E-state index contributed by atoms with van der Waals surface area (Å²) >= 11 is 0. The molecule has 1 amide bonds. The van der Waals surface area contributed by atoms with Crippen LogP contribution in [0.15, 0.2) is 47.1 Å². The Hall–Kier alpha value is -2.07. The van der Waals surface area contributed by atoms with Crippen LogP contribution in [0.1, 0.15) is 12.5 Å². The third-order valence-electron chi connectivity index (χ3n) is 3.68. The highest BCUT2D eigenvalue weighted by Gasteiger charge is 2.20. The molecule has 1 unspecified atom stereocenters. The Kier molecular flexibility index (Phi) is 4.81. The van der Waals surface area contributed by atoms with E-state index in [0.29, 0.717) is 6.54 Å². The van der Waals surface area contributed by atoms with Crippen molar-refractivity contribution in [2.45, 2.75) is 19.5 Å². The number of furan rings is 1. The average molecular weight is 286 g/mol. The molecule has 1 aromatic heterocycles. The van der Waals surface area contributed by atoms with E-state index >= 15 is 0 Å². The lowest BCUT2D eigenvalue weighted by molar-refractivity contribution is -0.133. The predicted molar refractivity (Wildman–Crippen MR) is 83.8 cm³/mol. The zero-order valence-electron chi connectivity index (χ0n) is 13.0. The zero-order chi connectivity index (χ0) is 15.4. The van der Waals surface area contributed by atoms with Crippen LogP contribution >= 0.6 is 0 Å². The van der Waals surface area contributed by atoms with Crippen molar-refractivity contribution in [2.75, 3.05) is 21.1 Å². The highest BCUT2D eigenvalue weighted by Crippen LogP contribution is 2.25. The van der Waals surface area contributed by atoms with E-state index in [1.165, 1.54) is 0 Å². The van der Waals surface area contributed by atoms with Gasteiger partial charge in [0.1, 0.15) is 5.76 Å². The lowest BCUT2D eigenvalue weighted by atomic mass is 10.0. The Bertz CT molecular complexity index is 591. The molecule has 2 aromatic rings. The largest absolute Gasteiger partial charge is 0.464 e. The maximum atomic E-state index is 12.1. The van der Waals surface area contributed by atoms with Crippen molar-refractivity contribution >= 4 is 5.91 Å². The smallest absolute Gasteiger partial charge is 0.239 e. The molecule has 4 nitrogen and oxygen atoms in total. The van der Waals surface area contributed by atoms with Gasteiger partial charge < -0.3 is 9.32 Å². The van der Waals surface area contributed by atoms with Gasteiger partial charge in [0.05, 0.1) is 12.3 Å². The third kappa shape index (κ3) is 3.52. The molecular formula is C17H22N2O2. The van der Waals surface area contributed by atoms with Crippen LogP contribution in [0.3, 0.4) is 0 Å². The Labute approximate surface area is 126 Å². The molecule has 1 aromatic carbocycles. The second-order valence-corrected chi connectivity index (χ2v) is 5.46. The molecule has 0 radical (unpaired) electrons. The maximum Gasteiger partial charge on any atom is 0.239 e. The SMILES string of the molecule is CC(C(=O)N(C)C)N(C)Cc1ccccc1-c1ccco1. The van der Waals surface area contributed by atoms with E-state index < -0.39 is 0 Å². The van der Waals surface area contributed by atoms with Crippen molar-refractivity contribution in [2.24, 2.45) is 0 Å². The molecule has 0 saturated heterocycles. The van der Waals surface area contributed by atoms with Crippen LogP contribution in [0.4, 0.5) is 0 Å². The van der Waals surface area contributed by atoms with Gasteiger partial charge in [0, 0.05) is 26.2 Å². The fourth-order valence-corrected chi connectivity index (χ4v) is 2.30. The fraction of sp³-hybridized carbons (Fsp3) is 0.353. The van der Waals surface area contributed by atoms with Crippen LogP contribution in [-0.4, -0.2) is 42.9 Å². The van der Waals surface area contributed by atoms with Crippen LogP contribution < -0.4 is 0 Å². The Morgan fingerprint density at radius 1 is 1.14 bits per heavy atom. The topological polar surface area (TPSA) is 36.7 Å². The summed E-state index contributed by atoms with van der Waals surface area (Å²) in [5, 5.41) is 0. The number of hydrogen-bond donors (Lipinski definition) is 0. The van der Waals surface area contributed by atoms with Crippen molar-refractivity contribution in [3.8, 4) is 11.3 Å². The van der Waals surface area contributed by atoms with Gasteiger partial charge in [0.2, 0.25) is 5.91 Å². The molecule has 0 spiro atoms. The van der Waals surface area contributed by atoms with Crippen LogP contribution in [-0.2, 0) is 11.3 Å². The van der Waals surface area contributed by atoms with Crippen molar-refractivity contribution in [1.29, 1.82) is 0 Å². The van der Waals surface area contributed by atoms with Gasteiger partial charge in [0.25, 0.3) is 0 Å². The van der Waals surface area contributed by atoms with Gasteiger partial charge >= 0.3 is 0 Å². The second kappa shape index (κ2) is 6.59. The summed E-state index contributed by atoms with van der Waals surface area (Å²) in [6.07, 6.45) is 1.67. The van der Waals surface area contributed by atoms with E-state index in [-0.39, 0.29) is 11.9 Å². The minimum atomic E-state index is -0.162. The maximum absolute atomic E-state index is 12.1. The van der Waals surface area contributed by atoms with Gasteiger partial charge in [-0.25, -0.2) is 0 Å². The Balaban J connectivity index is 2.19. The average Bonchev–Trinajstić information content (AvgIpc) is 3.00. The van der Waals surface area contributed by atoms with Gasteiger partial charge in [0.15, 0.2) is 0 Å². The van der Waals surface area contributed by atoms with Crippen LogP contribution in [0, 0.1) is 0 Å². The van der Waals surface area contributed by atoms with Crippen LogP contribution in [0.2, 0.25) is 0 Å². The van der Waals surface area contributed by atoms with Crippen molar-refractivity contribution in [3.05, 3.63) is 48.2 Å². The zero-order valence-corrected chi connectivity index (χ0v) is 13.0. The molecule has 1 atom stereocenters. The number of benzene rings is 1. The van der Waals surface area contributed by atoms with E-state index in [1.54, 1.807) is 25.3 Å². The molecule has 0 aliphatic rings. The summed E-state index contributed by atoms with van der Waals surface area (Å²) in [5.41, 5.74) is 2.22. The van der Waals surface area contributed by atoms with E-state index in [4.69, 9.17) is 4.42 Å². The molecule has 1 heterocycles. The van der Waals surface area contributed by atoms with Gasteiger partial charge in [-0.2, -0.15) is 0 Å². The van der Waals surface area contributed by atoms with Gasteiger partial charge in [-0.1, -0.05) is 24.3 Å². The molecule has 112 valence electrons. The second-order valence-electron chi connectivity index (χ2n) is 5.46. The lowest BCUT2D eigenvalue weighted by Gasteiger charge is -2.26. The number of rotatable bonds is 5. The summed E-state index contributed by atoms with van der Waals surface area (Å²) in [4.78, 5) is 15.7. The molecule has 4 heteroatoms. The Morgan fingerprint density at radius 2 is 1.86 bits per heavy atom. The van der Waals surface area contributed by atoms with Crippen molar-refractivity contribution in [3.63, 3.8) is 0 Å². The highest BCUT2D eigenvalue weighted by atomic mass is 16.3. The van der Waals surface area contributed by atoms with Gasteiger partial charge in [-0.15, -0.1) is 0 Å². The van der Waals surface area contributed by atoms with Crippen molar-refractivity contribution < 1.29 is 9.21 Å². The first-order valence-corrected chi connectivity index (χ1v) is 7.04. The lowest BCUT2D eigenvalue weighted by Crippen LogP contribution is -2.42. The molecule has 0 fully saturated rings. The van der Waals surface area contributed by atoms with Crippen LogP contribution in [0.5, 0.6) is 0 Å². The first kappa shape index (κ1) is 15.3. The minimum absolute atomic E-state index is 0.105. The van der Waals surface area contributed by atoms with Crippen LogP contribution in [0.25, 0.3) is 11.3 Å². The standard InChI is InChI=1S/C17H22N2O2/c1-13(17(20)18(2)3)19(4)12-14-8-5-6-9-15(14)16-10-7-11-21-16/h5-11,13H,12H2,1-4H3. The number of hydrogen-bond acceptors (Lipinski definition) is 3. The summed E-state index contributed by atoms with van der Waals surface area (Å²) in [5.74, 6) is 0.957. The fourth-order valence-electron chi connectivity index (χ4n) is 2.30. The molecule has 0 bridgehead atoms. The number of likely N-dealkylation sites (N-methyl/N-ethyl adjacent to an activating group) is 2. The highest BCUT2D eigenvalue weighted by molar-refractivity contribution is 5.80. The van der Waals surface area contributed by atoms with E-state index in [0.717, 1.165) is 16.9 Å². The number of nitrogens with zero attached hydrogens (tertiary/aromatic N) is 2. The summed E-state index contributed by atoms with van der Waals surface area (Å²) in [6.45, 7) is 2.62. The number of carbonyl (C=O) groups excluding carboxylic acids is 1. The molecular weight excluding hydrogens is 264 g/mol. The summed E-state index contributed by atoms with van der Waals surface area (Å²) in [6, 6.07) is 11.8. The molecule has 21 heavy (non-hydrogen) atoms. The monoisotopic (exact) mass is 286 g/mol.